The van der Waals surface area contributed by atoms with Crippen LogP contribution in [0.25, 0.3) is 0 Å². The van der Waals surface area contributed by atoms with Gasteiger partial charge in [0.05, 0.1) is 28.8 Å². The molecule has 5 nitrogen and oxygen atoms in total. The Kier molecular flexibility index (Phi) is 5.20. The average molecular weight is 387 g/mol. The lowest BCUT2D eigenvalue weighted by Crippen LogP contribution is -2.36. The number of sulfonamides is 1. The van der Waals surface area contributed by atoms with E-state index in [1.807, 2.05) is 6.07 Å². The van der Waals surface area contributed by atoms with Gasteiger partial charge in [-0.2, -0.15) is 0 Å². The van der Waals surface area contributed by atoms with E-state index in [9.17, 15) is 8.42 Å². The monoisotopic (exact) mass is 386 g/mol. The Morgan fingerprint density at radius 1 is 1.04 bits per heavy atom. The number of nitrogens with zero attached hydrogens (tertiary/aromatic N) is 1. The highest BCUT2D eigenvalue weighted by atomic mass is 35.5. The van der Waals surface area contributed by atoms with Gasteiger partial charge in [0.25, 0.3) is 10.0 Å². The summed E-state index contributed by atoms with van der Waals surface area (Å²) in [5, 5.41) is 0.684. The predicted octanol–water partition coefficient (Wildman–Crippen LogP) is 3.63. The number of hydrogen-bond acceptors (Lipinski definition) is 4. The normalized spacial score (nSPS) is 15.3. The number of morpholine rings is 1. The molecule has 0 amide bonds. The molecule has 0 saturated carbocycles. The number of benzene rings is 2. The van der Waals surface area contributed by atoms with E-state index < -0.39 is 10.0 Å². The maximum atomic E-state index is 12.5. The van der Waals surface area contributed by atoms with Crippen molar-refractivity contribution in [1.29, 1.82) is 0 Å². The lowest BCUT2D eigenvalue weighted by atomic mass is 10.2. The van der Waals surface area contributed by atoms with E-state index in [4.69, 9.17) is 27.9 Å². The molecule has 8 heteroatoms. The molecule has 0 aliphatic carbocycles. The molecule has 1 N–H and O–H groups in total. The molecule has 1 heterocycles. The molecular weight excluding hydrogens is 371 g/mol. The maximum Gasteiger partial charge on any atom is 0.261 e. The van der Waals surface area contributed by atoms with Gasteiger partial charge in [-0.25, -0.2) is 8.42 Å². The zero-order valence-electron chi connectivity index (χ0n) is 12.7. The third kappa shape index (κ3) is 3.95. The van der Waals surface area contributed by atoms with Crippen LogP contribution in [0, 0.1) is 0 Å². The first-order valence-electron chi connectivity index (χ1n) is 7.36. The highest BCUT2D eigenvalue weighted by Gasteiger charge is 2.18. The Balaban J connectivity index is 1.88. The second kappa shape index (κ2) is 7.19. The van der Waals surface area contributed by atoms with Gasteiger partial charge in [0, 0.05) is 23.8 Å². The summed E-state index contributed by atoms with van der Waals surface area (Å²) in [4.78, 5) is 2.21. The Morgan fingerprint density at radius 2 is 1.79 bits per heavy atom. The van der Waals surface area contributed by atoms with Crippen LogP contribution in [0.2, 0.25) is 10.0 Å². The molecule has 0 bridgehead atoms. The maximum absolute atomic E-state index is 12.5. The van der Waals surface area contributed by atoms with E-state index in [1.54, 1.807) is 24.3 Å². The first kappa shape index (κ1) is 17.4. The molecule has 2 aromatic carbocycles. The van der Waals surface area contributed by atoms with E-state index in [1.165, 1.54) is 12.1 Å². The summed E-state index contributed by atoms with van der Waals surface area (Å²) < 4.78 is 32.9. The van der Waals surface area contributed by atoms with Crippen LogP contribution < -0.4 is 9.62 Å². The number of anilines is 2. The average Bonchev–Trinajstić information content (AvgIpc) is 2.57. The van der Waals surface area contributed by atoms with Crippen molar-refractivity contribution >= 4 is 44.6 Å². The molecule has 2 aromatic rings. The highest BCUT2D eigenvalue weighted by Crippen LogP contribution is 2.30. The standard InChI is InChI=1S/C16H16Cl2N2O3S/c17-12-2-1-3-14(10-12)24(21,22)19-16-11-13(4-5-15(16)18)20-6-8-23-9-7-20/h1-5,10-11,19H,6-9H2. The summed E-state index contributed by atoms with van der Waals surface area (Å²) in [6.45, 7) is 2.79. The summed E-state index contributed by atoms with van der Waals surface area (Å²) in [6, 6.07) is 11.4. The molecule has 0 spiro atoms. The fourth-order valence-electron chi connectivity index (χ4n) is 2.45. The molecule has 0 unspecified atom stereocenters. The van der Waals surface area contributed by atoms with Crippen molar-refractivity contribution in [3.8, 4) is 0 Å². The summed E-state index contributed by atoms with van der Waals surface area (Å²) in [7, 11) is -3.77. The number of nitrogens with one attached hydrogen (secondary N) is 1. The van der Waals surface area contributed by atoms with Crippen LogP contribution in [0.5, 0.6) is 0 Å². The molecule has 0 radical (unpaired) electrons. The van der Waals surface area contributed by atoms with Crippen LogP contribution in [0.4, 0.5) is 11.4 Å². The van der Waals surface area contributed by atoms with E-state index in [0.29, 0.717) is 28.9 Å². The molecule has 1 aliphatic rings. The molecule has 1 aliphatic heterocycles. The Labute approximate surface area is 151 Å². The molecule has 128 valence electrons. The third-order valence-electron chi connectivity index (χ3n) is 3.68. The summed E-state index contributed by atoms with van der Waals surface area (Å²) in [6.07, 6.45) is 0. The van der Waals surface area contributed by atoms with Gasteiger partial charge in [-0.3, -0.25) is 4.72 Å². The zero-order chi connectivity index (χ0) is 17.2. The first-order valence-corrected chi connectivity index (χ1v) is 9.60. The number of ether oxygens (including phenoxy) is 1. The quantitative estimate of drug-likeness (QED) is 0.871. The SMILES string of the molecule is O=S(=O)(Nc1cc(N2CCOCC2)ccc1Cl)c1cccc(Cl)c1. The fourth-order valence-corrected chi connectivity index (χ4v) is 4.04. The number of halogens is 2. The van der Waals surface area contributed by atoms with Gasteiger partial charge in [0.1, 0.15) is 0 Å². The van der Waals surface area contributed by atoms with Crippen molar-refractivity contribution in [1.82, 2.24) is 0 Å². The second-order valence-corrected chi connectivity index (χ2v) is 7.85. The van der Waals surface area contributed by atoms with Crippen LogP contribution in [-0.4, -0.2) is 34.7 Å². The van der Waals surface area contributed by atoms with E-state index in [2.05, 4.69) is 9.62 Å². The lowest BCUT2D eigenvalue weighted by molar-refractivity contribution is 0.122. The van der Waals surface area contributed by atoms with Gasteiger partial charge in [-0.1, -0.05) is 29.3 Å². The molecule has 3 rings (SSSR count). The summed E-state index contributed by atoms with van der Waals surface area (Å²) >= 11 is 12.0. The van der Waals surface area contributed by atoms with Crippen molar-refractivity contribution in [2.24, 2.45) is 0 Å². The van der Waals surface area contributed by atoms with Crippen molar-refractivity contribution < 1.29 is 13.2 Å². The van der Waals surface area contributed by atoms with Crippen LogP contribution in [0.1, 0.15) is 0 Å². The van der Waals surface area contributed by atoms with Crippen LogP contribution in [0.15, 0.2) is 47.4 Å². The molecule has 1 fully saturated rings. The van der Waals surface area contributed by atoms with E-state index in [-0.39, 0.29) is 4.90 Å². The largest absolute Gasteiger partial charge is 0.378 e. The molecule has 0 aromatic heterocycles. The Morgan fingerprint density at radius 3 is 2.50 bits per heavy atom. The number of rotatable bonds is 4. The van der Waals surface area contributed by atoms with Gasteiger partial charge in [0.2, 0.25) is 0 Å². The third-order valence-corrected chi connectivity index (χ3v) is 5.60. The van der Waals surface area contributed by atoms with Crippen LogP contribution >= 0.6 is 23.2 Å². The molecule has 24 heavy (non-hydrogen) atoms. The molecular formula is C16H16Cl2N2O3S. The Bertz CT molecular complexity index is 837. The van der Waals surface area contributed by atoms with Crippen LogP contribution in [-0.2, 0) is 14.8 Å². The van der Waals surface area contributed by atoms with Crippen LogP contribution in [0.3, 0.4) is 0 Å². The van der Waals surface area contributed by atoms with Gasteiger partial charge < -0.3 is 9.64 Å². The van der Waals surface area contributed by atoms with E-state index >= 15 is 0 Å². The molecule has 0 atom stereocenters. The number of hydrogen-bond donors (Lipinski definition) is 1. The topological polar surface area (TPSA) is 58.6 Å². The van der Waals surface area contributed by atoms with Gasteiger partial charge in [0.15, 0.2) is 0 Å². The lowest BCUT2D eigenvalue weighted by Gasteiger charge is -2.29. The van der Waals surface area contributed by atoms with Crippen molar-refractivity contribution in [3.63, 3.8) is 0 Å². The predicted molar refractivity (Wildman–Crippen MR) is 96.7 cm³/mol. The van der Waals surface area contributed by atoms with Crippen molar-refractivity contribution in [2.45, 2.75) is 4.90 Å². The first-order chi connectivity index (χ1) is 11.5. The van der Waals surface area contributed by atoms with Crippen molar-refractivity contribution in [2.75, 3.05) is 35.9 Å². The van der Waals surface area contributed by atoms with Crippen molar-refractivity contribution in [3.05, 3.63) is 52.5 Å². The zero-order valence-corrected chi connectivity index (χ0v) is 15.0. The van der Waals surface area contributed by atoms with Gasteiger partial charge in [-0.15, -0.1) is 0 Å². The highest BCUT2D eigenvalue weighted by molar-refractivity contribution is 7.92. The van der Waals surface area contributed by atoms with Gasteiger partial charge in [-0.05, 0) is 36.4 Å². The van der Waals surface area contributed by atoms with Gasteiger partial charge >= 0.3 is 0 Å². The second-order valence-electron chi connectivity index (χ2n) is 5.33. The molecule has 1 saturated heterocycles. The van der Waals surface area contributed by atoms with E-state index in [0.717, 1.165) is 18.8 Å². The minimum absolute atomic E-state index is 0.0860. The minimum atomic E-state index is -3.77. The Hall–Kier alpha value is -1.47. The summed E-state index contributed by atoms with van der Waals surface area (Å²) in [5.74, 6) is 0. The fraction of sp³-hybridized carbons (Fsp3) is 0.250. The smallest absolute Gasteiger partial charge is 0.261 e. The summed E-state index contributed by atoms with van der Waals surface area (Å²) in [5.41, 5.74) is 1.23. The minimum Gasteiger partial charge on any atom is -0.378 e.